The molecule has 1 N–H and O–H groups in total. The summed E-state index contributed by atoms with van der Waals surface area (Å²) in [4.78, 5) is 10.5. The zero-order valence-electron chi connectivity index (χ0n) is 17.9. The largest absolute Gasteiger partial charge is 0.354 e. The smallest absolute Gasteiger partial charge is 0.0865 e. The first-order valence-electron chi connectivity index (χ1n) is 10.7. The number of rotatable bonds is 4. The van der Waals surface area contributed by atoms with E-state index in [0.29, 0.717) is 18.4 Å². The Morgan fingerprint density at radius 3 is 2.45 bits per heavy atom. The molecule has 3 aromatic rings. The van der Waals surface area contributed by atoms with Crippen LogP contribution in [0, 0.1) is 25.2 Å². The average Bonchev–Trinajstić information content (AvgIpc) is 3.07. The average molecular weight is 387 g/mol. The number of piperidine rings is 1. The molecule has 0 bridgehead atoms. The number of pyridine rings is 1. The van der Waals surface area contributed by atoms with E-state index < -0.39 is 0 Å². The highest BCUT2D eigenvalue weighted by atomic mass is 15.1. The van der Waals surface area contributed by atoms with E-state index in [1.807, 2.05) is 0 Å². The number of aromatic nitrogens is 2. The number of hydrogen-bond acceptors (Lipinski definition) is 3. The van der Waals surface area contributed by atoms with Gasteiger partial charge in [-0.3, -0.25) is 9.88 Å². The summed E-state index contributed by atoms with van der Waals surface area (Å²) in [6, 6.07) is 13.6. The predicted molar refractivity (Wildman–Crippen MR) is 119 cm³/mol. The molecule has 1 aromatic carbocycles. The van der Waals surface area contributed by atoms with Crippen LogP contribution in [0.3, 0.4) is 0 Å². The molecule has 0 amide bonds. The first-order chi connectivity index (χ1) is 14.0. The van der Waals surface area contributed by atoms with Gasteiger partial charge in [-0.15, -0.1) is 0 Å². The van der Waals surface area contributed by atoms with E-state index in [-0.39, 0.29) is 0 Å². The number of H-pyrrole nitrogens is 1. The second-order valence-corrected chi connectivity index (χ2v) is 8.72. The summed E-state index contributed by atoms with van der Waals surface area (Å²) in [5.41, 5.74) is 8.60. The van der Waals surface area contributed by atoms with E-state index in [2.05, 4.69) is 79.0 Å². The molecule has 4 rings (SSSR count). The Kier molecular flexibility index (Phi) is 5.43. The van der Waals surface area contributed by atoms with Crippen LogP contribution in [0.5, 0.6) is 0 Å². The summed E-state index contributed by atoms with van der Waals surface area (Å²) in [5.74, 6) is 1.01. The molecule has 4 nitrogen and oxygen atoms in total. The van der Waals surface area contributed by atoms with E-state index in [1.165, 1.54) is 33.3 Å². The molecule has 2 aromatic heterocycles. The number of nitriles is 1. The maximum absolute atomic E-state index is 8.93. The normalized spacial score (nSPS) is 15.9. The van der Waals surface area contributed by atoms with Crippen molar-refractivity contribution in [2.75, 3.05) is 19.6 Å². The maximum atomic E-state index is 8.93. The fourth-order valence-electron chi connectivity index (χ4n) is 4.81. The number of aromatic amines is 1. The van der Waals surface area contributed by atoms with Gasteiger partial charge in [-0.25, -0.2) is 0 Å². The van der Waals surface area contributed by atoms with Gasteiger partial charge in [0.05, 0.1) is 18.3 Å². The molecule has 1 aliphatic heterocycles. The van der Waals surface area contributed by atoms with Crippen LogP contribution in [0.15, 0.2) is 30.3 Å². The number of aryl methyl sites for hydroxylation is 2. The molecule has 1 aliphatic rings. The van der Waals surface area contributed by atoms with Crippen LogP contribution in [0.2, 0.25) is 0 Å². The molecule has 0 spiro atoms. The van der Waals surface area contributed by atoms with Crippen molar-refractivity contribution in [1.29, 1.82) is 5.26 Å². The highest BCUT2D eigenvalue weighted by Gasteiger charge is 2.22. The minimum atomic E-state index is 0.431. The molecular weight excluding hydrogens is 356 g/mol. The van der Waals surface area contributed by atoms with Gasteiger partial charge in [0.1, 0.15) is 0 Å². The minimum Gasteiger partial charge on any atom is -0.354 e. The number of benzene rings is 1. The van der Waals surface area contributed by atoms with Crippen LogP contribution in [-0.4, -0.2) is 34.5 Å². The van der Waals surface area contributed by atoms with Crippen molar-refractivity contribution in [3.8, 4) is 17.3 Å². The van der Waals surface area contributed by atoms with Gasteiger partial charge in [-0.1, -0.05) is 19.9 Å². The van der Waals surface area contributed by atoms with Gasteiger partial charge in [0.2, 0.25) is 0 Å². The molecule has 1 fully saturated rings. The van der Waals surface area contributed by atoms with Crippen molar-refractivity contribution < 1.29 is 0 Å². The van der Waals surface area contributed by atoms with Crippen LogP contribution < -0.4 is 0 Å². The van der Waals surface area contributed by atoms with Gasteiger partial charge in [0.25, 0.3) is 0 Å². The monoisotopic (exact) mass is 386 g/mol. The van der Waals surface area contributed by atoms with Crippen molar-refractivity contribution in [2.24, 2.45) is 0 Å². The van der Waals surface area contributed by atoms with Gasteiger partial charge in [-0.2, -0.15) is 5.26 Å². The van der Waals surface area contributed by atoms with Gasteiger partial charge in [-0.05, 0) is 87.0 Å². The third-order valence-corrected chi connectivity index (χ3v) is 6.16. The Balaban J connectivity index is 1.73. The lowest BCUT2D eigenvalue weighted by Crippen LogP contribution is -2.33. The van der Waals surface area contributed by atoms with Crippen molar-refractivity contribution in [1.82, 2.24) is 14.9 Å². The second-order valence-electron chi connectivity index (χ2n) is 8.72. The molecule has 1 saturated heterocycles. The second kappa shape index (κ2) is 8.00. The Morgan fingerprint density at radius 1 is 1.14 bits per heavy atom. The number of nitrogens with one attached hydrogen (secondary N) is 1. The van der Waals surface area contributed by atoms with Crippen molar-refractivity contribution in [2.45, 2.75) is 52.4 Å². The van der Waals surface area contributed by atoms with Gasteiger partial charge >= 0.3 is 0 Å². The van der Waals surface area contributed by atoms with Crippen LogP contribution in [0.1, 0.15) is 61.0 Å². The molecule has 0 unspecified atom stereocenters. The molecule has 0 aliphatic carbocycles. The molecule has 150 valence electrons. The van der Waals surface area contributed by atoms with Crippen molar-refractivity contribution in [3.63, 3.8) is 0 Å². The van der Waals surface area contributed by atoms with Crippen molar-refractivity contribution in [3.05, 3.63) is 52.8 Å². The molecule has 0 saturated carbocycles. The first kappa shape index (κ1) is 19.7. The summed E-state index contributed by atoms with van der Waals surface area (Å²) < 4.78 is 0. The number of likely N-dealkylation sites (tertiary alicyclic amines) is 1. The predicted octanol–water partition coefficient (Wildman–Crippen LogP) is 5.67. The van der Waals surface area contributed by atoms with E-state index in [4.69, 9.17) is 5.26 Å². The Labute approximate surface area is 173 Å². The molecule has 3 heterocycles. The first-order valence-corrected chi connectivity index (χ1v) is 10.7. The lowest BCUT2D eigenvalue weighted by Gasteiger charge is -2.30. The van der Waals surface area contributed by atoms with Gasteiger partial charge in [0.15, 0.2) is 0 Å². The zero-order chi connectivity index (χ0) is 20.5. The number of hydrogen-bond donors (Lipinski definition) is 1. The van der Waals surface area contributed by atoms with Crippen LogP contribution in [0.4, 0.5) is 0 Å². The summed E-state index contributed by atoms with van der Waals surface area (Å²) in [6.07, 6.45) is 2.26. The SMILES string of the molecule is Cc1cc(-c2[nH]c3ccc(C4CCN(CC#N)CC4)cc3c2C(C)C)cc(C)n1. The molecule has 4 heteroatoms. The summed E-state index contributed by atoms with van der Waals surface area (Å²) >= 11 is 0. The molecule has 0 radical (unpaired) electrons. The third kappa shape index (κ3) is 3.93. The quantitative estimate of drug-likeness (QED) is 0.588. The number of nitrogens with zero attached hydrogens (tertiary/aromatic N) is 3. The van der Waals surface area contributed by atoms with Gasteiger partial charge in [0, 0.05) is 27.9 Å². The van der Waals surface area contributed by atoms with E-state index >= 15 is 0 Å². The summed E-state index contributed by atoms with van der Waals surface area (Å²) in [7, 11) is 0. The Bertz CT molecular complexity index is 1040. The summed E-state index contributed by atoms with van der Waals surface area (Å²) in [5, 5.41) is 10.3. The Morgan fingerprint density at radius 2 is 1.83 bits per heavy atom. The highest BCUT2D eigenvalue weighted by Crippen LogP contribution is 2.38. The highest BCUT2D eigenvalue weighted by molar-refractivity contribution is 5.92. The molecular formula is C25H30N4. The fraction of sp³-hybridized carbons (Fsp3) is 0.440. The van der Waals surface area contributed by atoms with E-state index in [9.17, 15) is 0 Å². The van der Waals surface area contributed by atoms with E-state index in [0.717, 1.165) is 37.3 Å². The van der Waals surface area contributed by atoms with Crippen LogP contribution in [0.25, 0.3) is 22.2 Å². The van der Waals surface area contributed by atoms with Crippen LogP contribution >= 0.6 is 0 Å². The van der Waals surface area contributed by atoms with Crippen LogP contribution in [-0.2, 0) is 0 Å². The maximum Gasteiger partial charge on any atom is 0.0865 e. The topological polar surface area (TPSA) is 55.7 Å². The van der Waals surface area contributed by atoms with Crippen molar-refractivity contribution >= 4 is 10.9 Å². The molecule has 29 heavy (non-hydrogen) atoms. The lowest BCUT2D eigenvalue weighted by atomic mass is 9.87. The fourth-order valence-corrected chi connectivity index (χ4v) is 4.81. The lowest BCUT2D eigenvalue weighted by molar-refractivity contribution is 0.235. The third-order valence-electron chi connectivity index (χ3n) is 6.16. The standard InChI is InChI=1S/C25H30N4/c1-16(2)24-22-15-20(19-7-10-29(11-8-19)12-9-26)5-6-23(22)28-25(24)21-13-17(3)27-18(4)14-21/h5-6,13-16,19,28H,7-8,10-12H2,1-4H3. The molecule has 0 atom stereocenters. The number of fused-ring (bicyclic) bond motifs is 1. The minimum absolute atomic E-state index is 0.431. The van der Waals surface area contributed by atoms with Gasteiger partial charge < -0.3 is 4.98 Å². The summed E-state index contributed by atoms with van der Waals surface area (Å²) in [6.45, 7) is 11.3. The zero-order valence-corrected chi connectivity index (χ0v) is 17.9. The Hall–Kier alpha value is -2.64. The van der Waals surface area contributed by atoms with E-state index in [1.54, 1.807) is 0 Å².